The fraction of sp³-hybridized carbons (Fsp3) is 0.429. The van der Waals surface area contributed by atoms with E-state index < -0.39 is 23.7 Å². The minimum atomic E-state index is -0.868. The lowest BCUT2D eigenvalue weighted by Crippen LogP contribution is -2.52. The SMILES string of the molecule is CC(C(=O)O)N1CCN(c2cccc(F)c2C(N)=O)CC1. The maximum atomic E-state index is 13.8. The van der Waals surface area contributed by atoms with E-state index in [-0.39, 0.29) is 5.56 Å². The average Bonchev–Trinajstić information content (AvgIpc) is 2.46. The molecule has 6 nitrogen and oxygen atoms in total. The minimum absolute atomic E-state index is 0.114. The van der Waals surface area contributed by atoms with Crippen LogP contribution in [0.4, 0.5) is 10.1 Å². The number of anilines is 1. The van der Waals surface area contributed by atoms with Crippen LogP contribution in [-0.4, -0.2) is 54.1 Å². The van der Waals surface area contributed by atoms with Gasteiger partial charge in [0, 0.05) is 26.2 Å². The molecule has 1 saturated heterocycles. The molecule has 1 aromatic carbocycles. The van der Waals surface area contributed by atoms with Crippen molar-refractivity contribution in [2.45, 2.75) is 13.0 Å². The van der Waals surface area contributed by atoms with Crippen molar-refractivity contribution in [1.82, 2.24) is 4.90 Å². The normalized spacial score (nSPS) is 17.5. The molecule has 0 spiro atoms. The Balaban J connectivity index is 2.15. The fourth-order valence-electron chi connectivity index (χ4n) is 2.53. The van der Waals surface area contributed by atoms with Gasteiger partial charge in [-0.2, -0.15) is 0 Å². The number of benzene rings is 1. The Morgan fingerprint density at radius 3 is 2.43 bits per heavy atom. The summed E-state index contributed by atoms with van der Waals surface area (Å²) in [5.41, 5.74) is 5.59. The van der Waals surface area contributed by atoms with Gasteiger partial charge in [0.25, 0.3) is 5.91 Å². The molecule has 0 bridgehead atoms. The molecule has 1 fully saturated rings. The van der Waals surface area contributed by atoms with Crippen LogP contribution in [0.2, 0.25) is 0 Å². The first-order valence-corrected chi connectivity index (χ1v) is 6.72. The van der Waals surface area contributed by atoms with Crippen LogP contribution in [0.3, 0.4) is 0 Å². The van der Waals surface area contributed by atoms with Gasteiger partial charge in [0.2, 0.25) is 0 Å². The minimum Gasteiger partial charge on any atom is -0.480 e. The Kier molecular flexibility index (Phi) is 4.42. The molecule has 1 amide bonds. The standard InChI is InChI=1S/C14H18FN3O3/c1-9(14(20)21)17-5-7-18(8-6-17)11-4-2-3-10(15)12(11)13(16)19/h2-4,9H,5-8H2,1H3,(H2,16,19)(H,20,21). The lowest BCUT2D eigenvalue weighted by Gasteiger charge is -2.38. The van der Waals surface area contributed by atoms with Crippen molar-refractivity contribution in [3.63, 3.8) is 0 Å². The molecule has 0 aromatic heterocycles. The van der Waals surface area contributed by atoms with E-state index in [1.165, 1.54) is 12.1 Å². The van der Waals surface area contributed by atoms with Gasteiger partial charge in [-0.05, 0) is 19.1 Å². The quantitative estimate of drug-likeness (QED) is 0.845. The highest BCUT2D eigenvalue weighted by atomic mass is 19.1. The van der Waals surface area contributed by atoms with Gasteiger partial charge < -0.3 is 15.7 Å². The van der Waals surface area contributed by atoms with Crippen molar-refractivity contribution in [3.8, 4) is 0 Å². The summed E-state index contributed by atoms with van der Waals surface area (Å²) in [5, 5.41) is 9.00. The first-order valence-electron chi connectivity index (χ1n) is 6.72. The number of hydrogen-bond acceptors (Lipinski definition) is 4. The first-order chi connectivity index (χ1) is 9.91. The maximum Gasteiger partial charge on any atom is 0.320 e. The summed E-state index contributed by atoms with van der Waals surface area (Å²) in [6, 6.07) is 3.82. The Hall–Kier alpha value is -2.15. The summed E-state index contributed by atoms with van der Waals surface area (Å²) < 4.78 is 13.8. The Morgan fingerprint density at radius 2 is 1.90 bits per heavy atom. The van der Waals surface area contributed by atoms with Crippen molar-refractivity contribution < 1.29 is 19.1 Å². The molecule has 1 aliphatic heterocycles. The van der Waals surface area contributed by atoms with Crippen LogP contribution in [0.5, 0.6) is 0 Å². The molecular weight excluding hydrogens is 277 g/mol. The average molecular weight is 295 g/mol. The predicted octanol–water partition coefficient (Wildman–Crippen LogP) is 0.520. The van der Waals surface area contributed by atoms with Crippen LogP contribution in [0.25, 0.3) is 0 Å². The molecule has 1 unspecified atom stereocenters. The third-order valence-corrected chi connectivity index (χ3v) is 3.80. The molecule has 1 aromatic rings. The predicted molar refractivity (Wildman–Crippen MR) is 75.8 cm³/mol. The summed E-state index contributed by atoms with van der Waals surface area (Å²) in [4.78, 5) is 26.1. The second-order valence-electron chi connectivity index (χ2n) is 5.04. The van der Waals surface area contributed by atoms with Gasteiger partial charge in [0.05, 0.1) is 11.3 Å². The molecule has 0 saturated carbocycles. The van der Waals surface area contributed by atoms with E-state index >= 15 is 0 Å². The Labute approximate surface area is 121 Å². The number of rotatable bonds is 4. The fourth-order valence-corrected chi connectivity index (χ4v) is 2.53. The number of nitrogens with zero attached hydrogens (tertiary/aromatic N) is 2. The number of primary amides is 1. The monoisotopic (exact) mass is 295 g/mol. The number of carboxylic acid groups (broad SMARTS) is 1. The largest absolute Gasteiger partial charge is 0.480 e. The molecule has 114 valence electrons. The number of piperazine rings is 1. The zero-order valence-corrected chi connectivity index (χ0v) is 11.8. The summed E-state index contributed by atoms with van der Waals surface area (Å²) in [6.45, 7) is 3.72. The van der Waals surface area contributed by atoms with E-state index in [4.69, 9.17) is 10.8 Å². The number of halogens is 1. The van der Waals surface area contributed by atoms with Crippen LogP contribution >= 0.6 is 0 Å². The van der Waals surface area contributed by atoms with Gasteiger partial charge in [-0.25, -0.2) is 4.39 Å². The topological polar surface area (TPSA) is 86.9 Å². The molecule has 0 radical (unpaired) electrons. The number of nitrogens with two attached hydrogens (primary N) is 1. The third kappa shape index (κ3) is 3.13. The summed E-state index contributed by atoms with van der Waals surface area (Å²) in [6.07, 6.45) is 0. The molecule has 1 atom stereocenters. The Morgan fingerprint density at radius 1 is 1.29 bits per heavy atom. The van der Waals surface area contributed by atoms with Gasteiger partial charge >= 0.3 is 5.97 Å². The van der Waals surface area contributed by atoms with Gasteiger partial charge in [0.15, 0.2) is 0 Å². The molecule has 2 rings (SSSR count). The number of hydrogen-bond donors (Lipinski definition) is 2. The molecule has 3 N–H and O–H groups in total. The summed E-state index contributed by atoms with van der Waals surface area (Å²) in [5.74, 6) is -2.31. The van der Waals surface area contributed by atoms with Crippen molar-refractivity contribution in [2.24, 2.45) is 5.73 Å². The number of aliphatic carboxylic acids is 1. The highest BCUT2D eigenvalue weighted by molar-refractivity contribution is 5.99. The van der Waals surface area contributed by atoms with E-state index in [1.807, 2.05) is 9.80 Å². The van der Waals surface area contributed by atoms with Crippen LogP contribution < -0.4 is 10.6 Å². The molecule has 1 aliphatic rings. The second-order valence-corrected chi connectivity index (χ2v) is 5.04. The smallest absolute Gasteiger partial charge is 0.320 e. The molecule has 0 aliphatic carbocycles. The molecule has 21 heavy (non-hydrogen) atoms. The van der Waals surface area contributed by atoms with Crippen molar-refractivity contribution in [2.75, 3.05) is 31.1 Å². The van der Waals surface area contributed by atoms with Crippen LogP contribution in [0.15, 0.2) is 18.2 Å². The van der Waals surface area contributed by atoms with Gasteiger partial charge in [-0.3, -0.25) is 14.5 Å². The van der Waals surface area contributed by atoms with E-state index in [0.29, 0.717) is 31.9 Å². The third-order valence-electron chi connectivity index (χ3n) is 3.80. The zero-order valence-electron chi connectivity index (χ0n) is 11.8. The molecule has 7 heteroatoms. The van der Waals surface area contributed by atoms with Gasteiger partial charge in [0.1, 0.15) is 11.9 Å². The van der Waals surface area contributed by atoms with E-state index in [9.17, 15) is 14.0 Å². The number of amides is 1. The second kappa shape index (κ2) is 6.09. The van der Waals surface area contributed by atoms with E-state index in [1.54, 1.807) is 13.0 Å². The van der Waals surface area contributed by atoms with Crippen molar-refractivity contribution in [1.29, 1.82) is 0 Å². The highest BCUT2D eigenvalue weighted by Gasteiger charge is 2.27. The van der Waals surface area contributed by atoms with Crippen LogP contribution in [0.1, 0.15) is 17.3 Å². The number of carboxylic acids is 1. The maximum absolute atomic E-state index is 13.8. The Bertz CT molecular complexity index is 556. The van der Waals surface area contributed by atoms with E-state index in [2.05, 4.69) is 0 Å². The number of carbonyl (C=O) groups excluding carboxylic acids is 1. The summed E-state index contributed by atoms with van der Waals surface area (Å²) >= 11 is 0. The van der Waals surface area contributed by atoms with Crippen molar-refractivity contribution in [3.05, 3.63) is 29.6 Å². The van der Waals surface area contributed by atoms with Gasteiger partial charge in [-0.1, -0.05) is 6.07 Å². The molecular formula is C14H18FN3O3. The first kappa shape index (κ1) is 15.2. The van der Waals surface area contributed by atoms with Crippen LogP contribution in [0, 0.1) is 5.82 Å². The number of carbonyl (C=O) groups is 2. The molecule has 1 heterocycles. The lowest BCUT2D eigenvalue weighted by atomic mass is 10.1. The summed E-state index contributed by atoms with van der Waals surface area (Å²) in [7, 11) is 0. The lowest BCUT2D eigenvalue weighted by molar-refractivity contribution is -0.142. The van der Waals surface area contributed by atoms with Gasteiger partial charge in [-0.15, -0.1) is 0 Å². The highest BCUT2D eigenvalue weighted by Crippen LogP contribution is 2.24. The zero-order chi connectivity index (χ0) is 15.6. The van der Waals surface area contributed by atoms with E-state index in [0.717, 1.165) is 0 Å². The van der Waals surface area contributed by atoms with Crippen molar-refractivity contribution >= 4 is 17.6 Å². The van der Waals surface area contributed by atoms with Crippen LogP contribution in [-0.2, 0) is 4.79 Å².